The van der Waals surface area contributed by atoms with Crippen LogP contribution in [0.25, 0.3) is 0 Å². The fraction of sp³-hybridized carbons (Fsp3) is 0.263. The zero-order chi connectivity index (χ0) is 18.6. The molecule has 0 aromatic heterocycles. The molecule has 27 heavy (non-hydrogen) atoms. The minimum absolute atomic E-state index is 0.0274. The van der Waals surface area contributed by atoms with Crippen LogP contribution in [0, 0.1) is 0 Å². The van der Waals surface area contributed by atoms with Crippen LogP contribution in [-0.4, -0.2) is 44.4 Å². The van der Waals surface area contributed by atoms with Gasteiger partial charge in [-0.25, -0.2) is 4.79 Å². The number of ether oxygens (including phenoxy) is 5. The van der Waals surface area contributed by atoms with E-state index < -0.39 is 24.6 Å². The van der Waals surface area contributed by atoms with E-state index in [2.05, 4.69) is 5.32 Å². The minimum atomic E-state index is -0.915. The molecular formula is C19H17NO7. The number of hydrogen-bond acceptors (Lipinski definition) is 7. The van der Waals surface area contributed by atoms with Gasteiger partial charge in [0, 0.05) is 11.8 Å². The van der Waals surface area contributed by atoms with Gasteiger partial charge in [0.1, 0.15) is 19.8 Å². The summed E-state index contributed by atoms with van der Waals surface area (Å²) in [7, 11) is 0. The predicted molar refractivity (Wildman–Crippen MR) is 93.4 cm³/mol. The SMILES string of the molecule is O=C(COC(=O)[C@@H]1COc2ccccc2O1)Nc1ccc2c(c1)OCCO2. The van der Waals surface area contributed by atoms with Gasteiger partial charge in [-0.2, -0.15) is 0 Å². The van der Waals surface area contributed by atoms with Crippen molar-refractivity contribution in [2.75, 3.05) is 31.7 Å². The Kier molecular flexibility index (Phi) is 4.69. The summed E-state index contributed by atoms with van der Waals surface area (Å²) in [5, 5.41) is 2.64. The normalized spacial score (nSPS) is 17.0. The fourth-order valence-electron chi connectivity index (χ4n) is 2.68. The first-order valence-electron chi connectivity index (χ1n) is 8.44. The summed E-state index contributed by atoms with van der Waals surface area (Å²) in [5.74, 6) is 1.08. The van der Waals surface area contributed by atoms with Gasteiger partial charge in [-0.05, 0) is 24.3 Å². The molecule has 0 spiro atoms. The van der Waals surface area contributed by atoms with Crippen LogP contribution in [0.15, 0.2) is 42.5 Å². The van der Waals surface area contributed by atoms with Crippen LogP contribution < -0.4 is 24.3 Å². The second kappa shape index (κ2) is 7.45. The largest absolute Gasteiger partial charge is 0.486 e. The van der Waals surface area contributed by atoms with Crippen molar-refractivity contribution in [2.24, 2.45) is 0 Å². The second-order valence-electron chi connectivity index (χ2n) is 5.88. The first-order valence-corrected chi connectivity index (χ1v) is 8.44. The average Bonchev–Trinajstić information content (AvgIpc) is 2.71. The number of amides is 1. The van der Waals surface area contributed by atoms with Gasteiger partial charge >= 0.3 is 5.97 Å². The number of benzene rings is 2. The highest BCUT2D eigenvalue weighted by Crippen LogP contribution is 2.33. The van der Waals surface area contributed by atoms with Gasteiger partial charge in [0.2, 0.25) is 6.10 Å². The Morgan fingerprint density at radius 3 is 2.56 bits per heavy atom. The van der Waals surface area contributed by atoms with E-state index in [9.17, 15) is 9.59 Å². The van der Waals surface area contributed by atoms with Gasteiger partial charge in [-0.15, -0.1) is 0 Å². The van der Waals surface area contributed by atoms with Gasteiger partial charge < -0.3 is 29.0 Å². The van der Waals surface area contributed by atoms with Crippen molar-refractivity contribution >= 4 is 17.6 Å². The molecule has 2 aliphatic rings. The van der Waals surface area contributed by atoms with Crippen LogP contribution >= 0.6 is 0 Å². The van der Waals surface area contributed by atoms with E-state index in [-0.39, 0.29) is 6.61 Å². The van der Waals surface area contributed by atoms with Crippen molar-refractivity contribution in [1.82, 2.24) is 0 Å². The van der Waals surface area contributed by atoms with Gasteiger partial charge in [0.05, 0.1) is 0 Å². The van der Waals surface area contributed by atoms with E-state index in [0.717, 1.165) is 0 Å². The van der Waals surface area contributed by atoms with Crippen LogP contribution in [0.5, 0.6) is 23.0 Å². The van der Waals surface area contributed by atoms with Gasteiger partial charge in [-0.1, -0.05) is 12.1 Å². The molecular weight excluding hydrogens is 354 g/mol. The van der Waals surface area contributed by atoms with Crippen LogP contribution in [0.1, 0.15) is 0 Å². The number of carbonyl (C=O) groups excluding carboxylic acids is 2. The number of fused-ring (bicyclic) bond motifs is 2. The topological polar surface area (TPSA) is 92.3 Å². The van der Waals surface area contributed by atoms with Crippen LogP contribution in [-0.2, 0) is 14.3 Å². The summed E-state index contributed by atoms with van der Waals surface area (Å²) in [6.45, 7) is 0.537. The summed E-state index contributed by atoms with van der Waals surface area (Å²) in [4.78, 5) is 24.1. The molecule has 2 heterocycles. The monoisotopic (exact) mass is 371 g/mol. The summed E-state index contributed by atoms with van der Waals surface area (Å²) in [5.41, 5.74) is 0.520. The third kappa shape index (κ3) is 3.89. The molecule has 0 unspecified atom stereocenters. The summed E-state index contributed by atoms with van der Waals surface area (Å²) < 4.78 is 26.9. The van der Waals surface area contributed by atoms with Crippen molar-refractivity contribution < 1.29 is 33.3 Å². The quantitative estimate of drug-likeness (QED) is 0.819. The molecule has 2 aliphatic heterocycles. The van der Waals surface area contributed by atoms with Crippen molar-refractivity contribution in [3.05, 3.63) is 42.5 Å². The lowest BCUT2D eigenvalue weighted by Crippen LogP contribution is -2.39. The molecule has 0 radical (unpaired) electrons. The molecule has 8 nitrogen and oxygen atoms in total. The van der Waals surface area contributed by atoms with Crippen LogP contribution in [0.3, 0.4) is 0 Å². The van der Waals surface area contributed by atoms with E-state index in [0.29, 0.717) is 41.9 Å². The first-order chi connectivity index (χ1) is 13.2. The van der Waals surface area contributed by atoms with E-state index in [1.165, 1.54) is 0 Å². The third-order valence-electron chi connectivity index (χ3n) is 3.94. The number of para-hydroxylation sites is 2. The lowest BCUT2D eigenvalue weighted by molar-refractivity contribution is -0.156. The molecule has 0 fully saturated rings. The van der Waals surface area contributed by atoms with E-state index >= 15 is 0 Å². The Hall–Kier alpha value is -3.42. The Bertz CT molecular complexity index is 867. The number of hydrogen-bond donors (Lipinski definition) is 1. The van der Waals surface area contributed by atoms with Crippen molar-refractivity contribution in [3.8, 4) is 23.0 Å². The standard InChI is InChI=1S/C19H17NO7/c21-18(20-12-5-6-14-16(9-12)24-8-7-23-14)11-26-19(22)17-10-25-13-3-1-2-4-15(13)27-17/h1-6,9,17H,7-8,10-11H2,(H,20,21)/t17-/m0/s1. The summed E-state index contributed by atoms with van der Waals surface area (Å²) >= 11 is 0. The number of carbonyl (C=O) groups is 2. The second-order valence-corrected chi connectivity index (χ2v) is 5.88. The van der Waals surface area contributed by atoms with Crippen molar-refractivity contribution in [1.29, 1.82) is 0 Å². The van der Waals surface area contributed by atoms with Gasteiger partial charge in [0.15, 0.2) is 29.6 Å². The van der Waals surface area contributed by atoms with Crippen molar-refractivity contribution in [2.45, 2.75) is 6.10 Å². The summed E-state index contributed by atoms with van der Waals surface area (Å²) in [6.07, 6.45) is -0.915. The number of rotatable bonds is 4. The molecule has 140 valence electrons. The van der Waals surface area contributed by atoms with E-state index in [1.807, 2.05) is 6.07 Å². The molecule has 0 aliphatic carbocycles. The fourth-order valence-corrected chi connectivity index (χ4v) is 2.68. The molecule has 1 amide bonds. The smallest absolute Gasteiger partial charge is 0.351 e. The maximum Gasteiger partial charge on any atom is 0.351 e. The summed E-state index contributed by atoms with van der Waals surface area (Å²) in [6, 6.07) is 12.1. The Balaban J connectivity index is 1.29. The zero-order valence-electron chi connectivity index (χ0n) is 14.3. The van der Waals surface area contributed by atoms with Gasteiger partial charge in [0.25, 0.3) is 5.91 Å². The van der Waals surface area contributed by atoms with Gasteiger partial charge in [-0.3, -0.25) is 4.79 Å². The van der Waals surface area contributed by atoms with Crippen LogP contribution in [0.4, 0.5) is 5.69 Å². The third-order valence-corrected chi connectivity index (χ3v) is 3.94. The van der Waals surface area contributed by atoms with E-state index in [1.54, 1.807) is 36.4 Å². The average molecular weight is 371 g/mol. The molecule has 0 saturated heterocycles. The maximum atomic E-state index is 12.1. The van der Waals surface area contributed by atoms with Crippen molar-refractivity contribution in [3.63, 3.8) is 0 Å². The zero-order valence-corrected chi connectivity index (χ0v) is 14.3. The Labute approximate surface area is 154 Å². The first kappa shape index (κ1) is 17.0. The maximum absolute atomic E-state index is 12.1. The Morgan fingerprint density at radius 2 is 1.70 bits per heavy atom. The number of nitrogens with one attached hydrogen (secondary N) is 1. The Morgan fingerprint density at radius 1 is 0.963 bits per heavy atom. The number of anilines is 1. The highest BCUT2D eigenvalue weighted by molar-refractivity contribution is 5.93. The molecule has 4 rings (SSSR count). The molecule has 0 bridgehead atoms. The molecule has 1 N–H and O–H groups in total. The molecule has 2 aromatic rings. The predicted octanol–water partition coefficient (Wildman–Crippen LogP) is 1.78. The lowest BCUT2D eigenvalue weighted by atomic mass is 10.2. The number of esters is 1. The van der Waals surface area contributed by atoms with E-state index in [4.69, 9.17) is 23.7 Å². The van der Waals surface area contributed by atoms with Crippen LogP contribution in [0.2, 0.25) is 0 Å². The molecule has 0 saturated carbocycles. The molecule has 2 aromatic carbocycles. The lowest BCUT2D eigenvalue weighted by Gasteiger charge is -2.24. The molecule has 8 heteroatoms. The highest BCUT2D eigenvalue weighted by Gasteiger charge is 2.29. The minimum Gasteiger partial charge on any atom is -0.486 e. The molecule has 1 atom stereocenters. The highest BCUT2D eigenvalue weighted by atomic mass is 16.6.